The van der Waals surface area contributed by atoms with Crippen LogP contribution >= 0.6 is 0 Å². The second kappa shape index (κ2) is 32.6. The minimum atomic E-state index is 0.588. The fraction of sp³-hybridized carbons (Fsp3) is 0. The Kier molecular flexibility index (Phi) is 18.7. The van der Waals surface area contributed by atoms with Gasteiger partial charge in [0, 0.05) is 121 Å². The Hall–Kier alpha value is -18.8. The third-order valence-corrected chi connectivity index (χ3v) is 27.1. The van der Waals surface area contributed by atoms with Gasteiger partial charge in [-0.2, -0.15) is 0 Å². The van der Waals surface area contributed by atoms with Crippen LogP contribution in [-0.2, 0) is 0 Å². The molecule has 20 aromatic carbocycles. The molecule has 0 radical (unpaired) electrons. The van der Waals surface area contributed by atoms with Gasteiger partial charge in [0.2, 0.25) is 0 Å². The van der Waals surface area contributed by atoms with Crippen molar-refractivity contribution in [2.24, 2.45) is 0 Å². The predicted molar refractivity (Wildman–Crippen MR) is 566 cm³/mol. The third-order valence-electron chi connectivity index (χ3n) is 27.1. The molecule has 12 nitrogen and oxygen atoms in total. The second-order valence-corrected chi connectivity index (χ2v) is 35.1. The summed E-state index contributed by atoms with van der Waals surface area (Å²) < 4.78 is 24.2. The van der Waals surface area contributed by atoms with E-state index in [1.165, 1.54) is 21.9 Å². The van der Waals surface area contributed by atoms with Gasteiger partial charge in [-0.15, -0.1) is 0 Å². The molecule has 0 aliphatic heterocycles. The van der Waals surface area contributed by atoms with Crippen molar-refractivity contribution in [3.05, 3.63) is 473 Å². The molecule has 138 heavy (non-hydrogen) atoms. The lowest BCUT2D eigenvalue weighted by Gasteiger charge is -2.13. The number of aromatic nitrogens is 10. The molecule has 8 aromatic heterocycles. The first kappa shape index (κ1) is 79.0. The summed E-state index contributed by atoms with van der Waals surface area (Å²) >= 11 is 0. The number of hydrogen-bond acceptors (Lipinski definition) is 8. The second-order valence-electron chi connectivity index (χ2n) is 35.1. The molecule has 644 valence electrons. The predicted octanol–water partition coefficient (Wildman–Crippen LogP) is 32.6. The monoisotopic (exact) mass is 1760 g/mol. The molecule has 0 fully saturated rings. The van der Waals surface area contributed by atoms with E-state index >= 15 is 0 Å². The first-order valence-electron chi connectivity index (χ1n) is 46.5. The summed E-state index contributed by atoms with van der Waals surface area (Å²) in [6, 6.07) is 166. The molecule has 0 saturated heterocycles. The van der Waals surface area contributed by atoms with Gasteiger partial charge in [-0.1, -0.05) is 370 Å². The lowest BCUT2D eigenvalue weighted by atomic mass is 9.99. The lowest BCUT2D eigenvalue weighted by Crippen LogP contribution is -2.02. The average Bonchev–Trinajstić information content (AvgIpc) is 1.54. The van der Waals surface area contributed by atoms with Gasteiger partial charge in [-0.25, -0.2) is 29.9 Å². The topological polar surface area (TPSA) is 123 Å². The van der Waals surface area contributed by atoms with Crippen LogP contribution in [0.4, 0.5) is 0 Å². The van der Waals surface area contributed by atoms with Crippen LogP contribution in [0.1, 0.15) is 0 Å². The Balaban J connectivity index is 0.000000139. The molecule has 0 aliphatic rings. The molecule has 8 heterocycles. The molecule has 28 rings (SSSR count). The molecule has 0 N–H and O–H groups in total. The van der Waals surface area contributed by atoms with Crippen LogP contribution in [0.3, 0.4) is 0 Å². The summed E-state index contributed by atoms with van der Waals surface area (Å²) in [5, 5.41) is 13.4. The van der Waals surface area contributed by atoms with Crippen molar-refractivity contribution in [3.8, 4) is 136 Å². The largest absolute Gasteiger partial charge is 0.452 e. The summed E-state index contributed by atoms with van der Waals surface area (Å²) in [6.45, 7) is 0. The van der Waals surface area contributed by atoms with Crippen molar-refractivity contribution in [1.29, 1.82) is 0 Å². The van der Waals surface area contributed by atoms with E-state index in [-0.39, 0.29) is 0 Å². The van der Waals surface area contributed by atoms with Gasteiger partial charge in [0.25, 0.3) is 0 Å². The molecular formula is C126H78N10O2. The molecule has 0 amide bonds. The van der Waals surface area contributed by atoms with Crippen molar-refractivity contribution < 1.29 is 8.83 Å². The van der Waals surface area contributed by atoms with E-state index in [2.05, 4.69) is 413 Å². The molecule has 0 aliphatic carbocycles. The quantitative estimate of drug-likeness (QED) is 0.105. The Morgan fingerprint density at radius 1 is 0.138 bits per heavy atom. The third kappa shape index (κ3) is 13.2. The number of nitrogens with zero attached hydrogens (tertiary/aromatic N) is 10. The fourth-order valence-electron chi connectivity index (χ4n) is 20.8. The van der Waals surface area contributed by atoms with Gasteiger partial charge in [0.15, 0.2) is 57.3 Å². The van der Waals surface area contributed by atoms with Crippen molar-refractivity contribution >= 4 is 131 Å². The van der Waals surface area contributed by atoms with E-state index in [0.717, 1.165) is 210 Å². The van der Waals surface area contributed by atoms with Crippen molar-refractivity contribution in [3.63, 3.8) is 0 Å². The zero-order valence-corrected chi connectivity index (χ0v) is 74.3. The summed E-state index contributed by atoms with van der Waals surface area (Å²) in [6.07, 6.45) is 0. The maximum absolute atomic E-state index is 7.39. The molecule has 0 atom stereocenters. The molecule has 12 heteroatoms. The Morgan fingerprint density at radius 2 is 0.355 bits per heavy atom. The van der Waals surface area contributed by atoms with Crippen LogP contribution in [0.15, 0.2) is 482 Å². The van der Waals surface area contributed by atoms with E-state index in [4.69, 9.17) is 38.7 Å². The fourth-order valence-corrected chi connectivity index (χ4v) is 20.8. The highest BCUT2D eigenvalue weighted by Crippen LogP contribution is 2.49. The average molecular weight is 1760 g/mol. The first-order chi connectivity index (χ1) is 68.4. The molecule has 0 bridgehead atoms. The first-order valence-corrected chi connectivity index (χ1v) is 46.5. The van der Waals surface area contributed by atoms with Gasteiger partial charge < -0.3 is 27.1 Å². The van der Waals surface area contributed by atoms with E-state index in [9.17, 15) is 0 Å². The van der Waals surface area contributed by atoms with Crippen LogP contribution < -0.4 is 0 Å². The number of para-hydroxylation sites is 4. The van der Waals surface area contributed by atoms with E-state index in [1.807, 2.05) is 78.9 Å². The normalized spacial score (nSPS) is 11.8. The summed E-state index contributed by atoms with van der Waals surface area (Å²) in [4.78, 5) is 31.0. The maximum atomic E-state index is 7.39. The SMILES string of the molecule is c1ccc(-c2cccc(-c3nc(-c4ccccc4)nc(-c4cccc(-n5c6ccccc6c6ccc7c8ccc9c%10ccccc%10n(-c%10cccc(-c%11ccccc%11)c%10)c9c8oc7c65)c4)n3)c2)cc1.c1ccc(-c2cccc(-n3c4ccccc4c4ccc5c6ccc7c8ccccc8n(-c8cccc(-c9nc(-c%10ccccc%10)nc(-c%10ccccc%10-c%10ccccc%10)n9)c8)c7c6oc5c43)c2)cc1. The zero-order chi connectivity index (χ0) is 90.8. The zero-order valence-electron chi connectivity index (χ0n) is 74.3. The highest BCUT2D eigenvalue weighted by Gasteiger charge is 2.29. The van der Waals surface area contributed by atoms with Crippen molar-refractivity contribution in [1.82, 2.24) is 48.2 Å². The molecule has 0 saturated carbocycles. The molecule has 28 aromatic rings. The van der Waals surface area contributed by atoms with E-state index in [1.54, 1.807) is 0 Å². The highest BCUT2D eigenvalue weighted by atomic mass is 16.3. The highest BCUT2D eigenvalue weighted by molar-refractivity contribution is 6.29. The summed E-state index contributed by atoms with van der Waals surface area (Å²) in [5.41, 5.74) is 30.5. The molecule has 0 spiro atoms. The smallest absolute Gasteiger partial charge is 0.164 e. The van der Waals surface area contributed by atoms with Crippen molar-refractivity contribution in [2.45, 2.75) is 0 Å². The Bertz CT molecular complexity index is 9720. The van der Waals surface area contributed by atoms with Crippen LogP contribution in [0.5, 0.6) is 0 Å². The summed E-state index contributed by atoms with van der Waals surface area (Å²) in [5.74, 6) is 3.62. The van der Waals surface area contributed by atoms with Crippen LogP contribution in [-0.4, -0.2) is 48.2 Å². The Morgan fingerprint density at radius 3 is 0.681 bits per heavy atom. The van der Waals surface area contributed by atoms with Gasteiger partial charge in [-0.05, 0) is 148 Å². The number of fused-ring (bicyclic) bond motifs is 22. The van der Waals surface area contributed by atoms with Crippen molar-refractivity contribution in [2.75, 3.05) is 0 Å². The summed E-state index contributed by atoms with van der Waals surface area (Å²) in [7, 11) is 0. The van der Waals surface area contributed by atoms with Crippen LogP contribution in [0, 0.1) is 0 Å². The number of benzene rings is 20. The maximum Gasteiger partial charge on any atom is 0.164 e. The van der Waals surface area contributed by atoms with Crippen LogP contribution in [0.25, 0.3) is 267 Å². The van der Waals surface area contributed by atoms with E-state index < -0.39 is 0 Å². The number of furan rings is 2. The number of hydrogen-bond donors (Lipinski definition) is 0. The van der Waals surface area contributed by atoms with Gasteiger partial charge >= 0.3 is 0 Å². The molecule has 0 unspecified atom stereocenters. The minimum Gasteiger partial charge on any atom is -0.452 e. The Labute approximate surface area is 791 Å². The number of rotatable bonds is 14. The van der Waals surface area contributed by atoms with E-state index in [0.29, 0.717) is 34.9 Å². The minimum absolute atomic E-state index is 0.588. The van der Waals surface area contributed by atoms with Crippen LogP contribution in [0.2, 0.25) is 0 Å². The molecular weight excluding hydrogens is 1690 g/mol. The standard InChI is InChI=1S/2C63H39N5O/c1-4-17-40(18-5-1)43-23-14-25-45(37-43)62-64-61(42-21-8-3-9-22-42)65-63(66-62)46-26-16-28-48(39-46)68-56-32-13-11-30-50(56)52-34-36-54-53-35-33-51-49-29-10-12-31-55(49)67(57(51)59(53)69-60(54)58(52)68)47-27-15-24-44(38-47)41-19-6-2-7-20-41;1-4-18-40(19-5-1)43-24-16-26-45(38-43)67-55-32-14-12-29-48(55)50-34-36-52-53-37-35-51-49-30-13-15-33-56(49)68(58(51)60(53)69-59(52)57(50)67)46-27-17-25-44(39-46)62-64-61(42-22-8-3-9-23-42)65-63(66-62)54-31-11-10-28-47(54)41-20-6-2-7-21-41/h2*1-39H. The van der Waals surface area contributed by atoms with Gasteiger partial charge in [0.05, 0.1) is 44.1 Å². The van der Waals surface area contributed by atoms with Gasteiger partial charge in [0.1, 0.15) is 0 Å². The lowest BCUT2D eigenvalue weighted by molar-refractivity contribution is 0.673. The van der Waals surface area contributed by atoms with Gasteiger partial charge in [-0.3, -0.25) is 0 Å².